The van der Waals surface area contributed by atoms with Crippen LogP contribution in [0.2, 0.25) is 10.2 Å². The summed E-state index contributed by atoms with van der Waals surface area (Å²) in [6, 6.07) is 3.28. The molecular weight excluding hydrogens is 249 g/mol. The van der Waals surface area contributed by atoms with Crippen molar-refractivity contribution >= 4 is 23.2 Å². The Hall–Kier alpha value is -1.26. The van der Waals surface area contributed by atoms with E-state index in [1.54, 1.807) is 31.6 Å². The molecular formula is C10H9Cl2N3O. The van der Waals surface area contributed by atoms with Gasteiger partial charge < -0.3 is 4.57 Å². The zero-order chi connectivity index (χ0) is 11.7. The maximum atomic E-state index is 11.6. The molecule has 0 bridgehead atoms. The molecule has 4 nitrogen and oxygen atoms in total. The van der Waals surface area contributed by atoms with Crippen molar-refractivity contribution in [2.75, 3.05) is 0 Å². The highest BCUT2D eigenvalue weighted by atomic mass is 35.5. The van der Waals surface area contributed by atoms with Crippen LogP contribution in [0, 0.1) is 0 Å². The summed E-state index contributed by atoms with van der Waals surface area (Å²) in [5.74, 6) is 0. The second-order valence-corrected chi connectivity index (χ2v) is 4.18. The highest BCUT2D eigenvalue weighted by Crippen LogP contribution is 2.17. The van der Waals surface area contributed by atoms with E-state index in [0.717, 1.165) is 0 Å². The Morgan fingerprint density at radius 3 is 2.69 bits per heavy atom. The zero-order valence-corrected chi connectivity index (χ0v) is 10.0. The molecule has 0 aromatic carbocycles. The third kappa shape index (κ3) is 2.13. The highest BCUT2D eigenvalue weighted by Gasteiger charge is 2.06. The first-order valence-corrected chi connectivity index (χ1v) is 5.36. The molecule has 16 heavy (non-hydrogen) atoms. The van der Waals surface area contributed by atoms with E-state index in [-0.39, 0.29) is 5.69 Å². The van der Waals surface area contributed by atoms with Gasteiger partial charge in [-0.3, -0.25) is 4.57 Å². The molecule has 0 aliphatic heterocycles. The van der Waals surface area contributed by atoms with Crippen molar-refractivity contribution in [3.8, 4) is 0 Å². The summed E-state index contributed by atoms with van der Waals surface area (Å²) >= 11 is 11.7. The summed E-state index contributed by atoms with van der Waals surface area (Å²) in [7, 11) is 1.69. The summed E-state index contributed by atoms with van der Waals surface area (Å²) in [5.41, 5.74) is 0.473. The Kier molecular flexibility index (Phi) is 3.03. The lowest BCUT2D eigenvalue weighted by molar-refractivity contribution is 0.705. The van der Waals surface area contributed by atoms with Crippen LogP contribution < -0.4 is 5.69 Å². The van der Waals surface area contributed by atoms with Gasteiger partial charge in [0, 0.05) is 19.4 Å². The monoisotopic (exact) mass is 257 g/mol. The van der Waals surface area contributed by atoms with E-state index in [2.05, 4.69) is 4.98 Å². The molecule has 0 amide bonds. The molecule has 84 valence electrons. The van der Waals surface area contributed by atoms with Crippen LogP contribution in [0.3, 0.4) is 0 Å². The van der Waals surface area contributed by atoms with Crippen molar-refractivity contribution in [1.29, 1.82) is 0 Å². The van der Waals surface area contributed by atoms with Crippen LogP contribution in [0.5, 0.6) is 0 Å². The van der Waals surface area contributed by atoms with Gasteiger partial charge in [-0.2, -0.15) is 0 Å². The van der Waals surface area contributed by atoms with E-state index in [9.17, 15) is 4.79 Å². The smallest absolute Gasteiger partial charge is 0.302 e. The summed E-state index contributed by atoms with van der Waals surface area (Å²) in [4.78, 5) is 15.7. The highest BCUT2D eigenvalue weighted by molar-refractivity contribution is 6.32. The van der Waals surface area contributed by atoms with Crippen LogP contribution in [0.4, 0.5) is 0 Å². The number of hydrogen-bond acceptors (Lipinski definition) is 2. The van der Waals surface area contributed by atoms with Crippen LogP contribution in [0.15, 0.2) is 29.3 Å². The van der Waals surface area contributed by atoms with Crippen LogP contribution >= 0.6 is 23.2 Å². The predicted molar refractivity (Wildman–Crippen MR) is 63.0 cm³/mol. The Bertz CT molecular complexity index is 574. The minimum absolute atomic E-state index is 0.113. The van der Waals surface area contributed by atoms with Crippen LogP contribution in [-0.2, 0) is 13.6 Å². The molecule has 0 radical (unpaired) electrons. The molecule has 2 heterocycles. The second kappa shape index (κ2) is 4.31. The fraction of sp³-hybridized carbons (Fsp3) is 0.200. The molecule has 0 fully saturated rings. The Balaban J connectivity index is 2.37. The lowest BCUT2D eigenvalue weighted by Gasteiger charge is -2.03. The first-order valence-electron chi connectivity index (χ1n) is 4.60. The standard InChI is InChI=1S/C10H9Cl2N3O/c1-14-4-5-15(10(14)16)6-8-7(11)2-3-9(12)13-8/h2-5H,6H2,1H3. The first kappa shape index (κ1) is 11.2. The molecule has 2 aromatic heterocycles. The minimum Gasteiger partial charge on any atom is -0.302 e. The molecule has 0 saturated carbocycles. The van der Waals surface area contributed by atoms with Crippen LogP contribution in [0.25, 0.3) is 0 Å². The SMILES string of the molecule is Cn1ccn(Cc2nc(Cl)ccc2Cl)c1=O. The third-order valence-corrected chi connectivity index (χ3v) is 2.78. The van der Waals surface area contributed by atoms with Gasteiger partial charge in [-0.1, -0.05) is 23.2 Å². The van der Waals surface area contributed by atoms with Crippen molar-refractivity contribution < 1.29 is 0 Å². The molecule has 0 atom stereocenters. The van der Waals surface area contributed by atoms with E-state index in [1.165, 1.54) is 9.13 Å². The average molecular weight is 258 g/mol. The van der Waals surface area contributed by atoms with Crippen LogP contribution in [0.1, 0.15) is 5.69 Å². The first-order chi connectivity index (χ1) is 7.58. The number of hydrogen-bond donors (Lipinski definition) is 0. The lowest BCUT2D eigenvalue weighted by atomic mass is 10.3. The third-order valence-electron chi connectivity index (χ3n) is 2.22. The zero-order valence-electron chi connectivity index (χ0n) is 8.52. The van der Waals surface area contributed by atoms with Gasteiger partial charge in [-0.25, -0.2) is 9.78 Å². The van der Waals surface area contributed by atoms with Gasteiger partial charge in [0.05, 0.1) is 17.3 Å². The number of halogens is 2. The fourth-order valence-corrected chi connectivity index (χ4v) is 1.69. The van der Waals surface area contributed by atoms with Crippen molar-refractivity contribution in [1.82, 2.24) is 14.1 Å². The maximum absolute atomic E-state index is 11.6. The van der Waals surface area contributed by atoms with Crippen molar-refractivity contribution in [2.24, 2.45) is 7.05 Å². The molecule has 2 rings (SSSR count). The number of pyridine rings is 1. The normalized spacial score (nSPS) is 10.7. The molecule has 0 saturated heterocycles. The van der Waals surface area contributed by atoms with E-state index >= 15 is 0 Å². The topological polar surface area (TPSA) is 39.8 Å². The molecule has 0 unspecified atom stereocenters. The summed E-state index contributed by atoms with van der Waals surface area (Å²) in [5, 5.41) is 0.864. The van der Waals surface area contributed by atoms with E-state index in [1.807, 2.05) is 0 Å². The van der Waals surface area contributed by atoms with Gasteiger partial charge in [0.1, 0.15) is 5.15 Å². The summed E-state index contributed by atoms with van der Waals surface area (Å²) in [6.45, 7) is 0.319. The summed E-state index contributed by atoms with van der Waals surface area (Å²) < 4.78 is 3.00. The van der Waals surface area contributed by atoms with E-state index in [0.29, 0.717) is 22.4 Å². The maximum Gasteiger partial charge on any atom is 0.328 e. The van der Waals surface area contributed by atoms with E-state index in [4.69, 9.17) is 23.2 Å². The van der Waals surface area contributed by atoms with Gasteiger partial charge in [-0.05, 0) is 12.1 Å². The van der Waals surface area contributed by atoms with Crippen molar-refractivity contribution in [2.45, 2.75) is 6.54 Å². The minimum atomic E-state index is -0.113. The molecule has 0 aliphatic carbocycles. The molecule has 0 aliphatic rings. The lowest BCUT2D eigenvalue weighted by Crippen LogP contribution is -2.22. The number of aromatic nitrogens is 3. The van der Waals surface area contributed by atoms with Gasteiger partial charge in [0.25, 0.3) is 0 Å². The van der Waals surface area contributed by atoms with Crippen molar-refractivity contribution in [3.63, 3.8) is 0 Å². The van der Waals surface area contributed by atoms with Gasteiger partial charge in [0.15, 0.2) is 0 Å². The Labute approximate surface area is 102 Å². The largest absolute Gasteiger partial charge is 0.328 e. The van der Waals surface area contributed by atoms with Gasteiger partial charge in [0.2, 0.25) is 0 Å². The van der Waals surface area contributed by atoms with E-state index < -0.39 is 0 Å². The Morgan fingerprint density at radius 1 is 1.31 bits per heavy atom. The number of nitrogens with zero attached hydrogens (tertiary/aromatic N) is 3. The predicted octanol–water partition coefficient (Wildman–Crippen LogP) is 1.94. The number of aryl methyl sites for hydroxylation is 1. The molecule has 2 aromatic rings. The number of rotatable bonds is 2. The fourth-order valence-electron chi connectivity index (χ4n) is 1.36. The van der Waals surface area contributed by atoms with Gasteiger partial charge >= 0.3 is 5.69 Å². The second-order valence-electron chi connectivity index (χ2n) is 3.38. The van der Waals surface area contributed by atoms with Crippen LogP contribution in [-0.4, -0.2) is 14.1 Å². The Morgan fingerprint density at radius 2 is 2.06 bits per heavy atom. The average Bonchev–Trinajstić information content (AvgIpc) is 2.55. The number of imidazole rings is 1. The van der Waals surface area contributed by atoms with Gasteiger partial charge in [-0.15, -0.1) is 0 Å². The quantitative estimate of drug-likeness (QED) is 0.772. The van der Waals surface area contributed by atoms with Crippen molar-refractivity contribution in [3.05, 3.63) is 50.9 Å². The summed E-state index contributed by atoms with van der Waals surface area (Å²) in [6.07, 6.45) is 3.36. The molecule has 0 spiro atoms. The molecule has 0 N–H and O–H groups in total. The molecule has 6 heteroatoms.